The average Bonchev–Trinajstić information content (AvgIpc) is 4.00. The molecule has 5 heteroatoms. The number of aromatic amines is 2. The lowest BCUT2D eigenvalue weighted by Crippen LogP contribution is -1.91. The van der Waals surface area contributed by atoms with Gasteiger partial charge in [0.1, 0.15) is 5.75 Å². The molecule has 5 heterocycles. The van der Waals surface area contributed by atoms with E-state index in [1.54, 1.807) is 7.11 Å². The summed E-state index contributed by atoms with van der Waals surface area (Å²) in [4.78, 5) is 18.3. The minimum Gasteiger partial charge on any atom is -0.494 e. The second-order valence-electron chi connectivity index (χ2n) is 12.3. The number of benzene rings is 4. The normalized spacial score (nSPS) is 11.9. The standard InChI is InChI=1S/C45H32N4O/c1-50-40-28-39-43(31-18-10-4-11-19-31)37-25-24-35(47-37)41(29-14-6-2-7-15-29)33-22-23-34(46-33)42(30-16-8-3-9-17-30)36-26-27-38(48-36)44(45(40)49-39)32-20-12-5-13-21-32/h2-28,47,49H,1H3. The largest absolute Gasteiger partial charge is 0.494 e. The number of aromatic nitrogens is 4. The molecular weight excluding hydrogens is 613 g/mol. The van der Waals surface area contributed by atoms with Crippen molar-refractivity contribution in [2.75, 3.05) is 7.11 Å². The fourth-order valence-electron chi connectivity index (χ4n) is 7.05. The Bertz CT molecular complexity index is 2600. The number of hydrogen-bond donors (Lipinski definition) is 2. The van der Waals surface area contributed by atoms with Gasteiger partial charge in [-0.25, -0.2) is 9.97 Å². The molecule has 5 nitrogen and oxygen atoms in total. The zero-order valence-electron chi connectivity index (χ0n) is 27.4. The molecule has 2 N–H and O–H groups in total. The van der Waals surface area contributed by atoms with Crippen molar-refractivity contribution >= 4 is 46.4 Å². The van der Waals surface area contributed by atoms with Crippen molar-refractivity contribution < 1.29 is 4.74 Å². The predicted octanol–water partition coefficient (Wildman–Crippen LogP) is 11.3. The second kappa shape index (κ2) is 12.4. The summed E-state index contributed by atoms with van der Waals surface area (Å²) < 4.78 is 6.12. The van der Waals surface area contributed by atoms with Gasteiger partial charge in [0.15, 0.2) is 0 Å². The molecule has 7 aromatic rings. The van der Waals surface area contributed by atoms with E-state index < -0.39 is 0 Å². The van der Waals surface area contributed by atoms with E-state index in [-0.39, 0.29) is 0 Å². The van der Waals surface area contributed by atoms with Crippen LogP contribution in [-0.4, -0.2) is 27.0 Å². The van der Waals surface area contributed by atoms with Gasteiger partial charge in [0.05, 0.1) is 40.9 Å². The Morgan fingerprint density at radius 3 is 1.30 bits per heavy atom. The topological polar surface area (TPSA) is 66.6 Å². The van der Waals surface area contributed by atoms with Crippen LogP contribution in [0.2, 0.25) is 0 Å². The van der Waals surface area contributed by atoms with Crippen LogP contribution in [0.5, 0.6) is 5.75 Å². The van der Waals surface area contributed by atoms with E-state index in [2.05, 4.69) is 150 Å². The van der Waals surface area contributed by atoms with Crippen LogP contribution in [0.1, 0.15) is 22.8 Å². The molecule has 0 fully saturated rings. The predicted molar refractivity (Wildman–Crippen MR) is 207 cm³/mol. The molecular formula is C45H32N4O. The third kappa shape index (κ3) is 5.13. The highest BCUT2D eigenvalue weighted by Crippen LogP contribution is 2.40. The van der Waals surface area contributed by atoms with E-state index in [0.29, 0.717) is 0 Å². The van der Waals surface area contributed by atoms with E-state index >= 15 is 0 Å². The van der Waals surface area contributed by atoms with Crippen LogP contribution in [0.4, 0.5) is 0 Å². The molecule has 50 heavy (non-hydrogen) atoms. The van der Waals surface area contributed by atoms with Crippen LogP contribution in [-0.2, 0) is 0 Å². The number of nitrogens with zero attached hydrogens (tertiary/aromatic N) is 2. The Kier molecular flexibility index (Phi) is 7.29. The quantitative estimate of drug-likeness (QED) is 0.196. The van der Waals surface area contributed by atoms with Crippen molar-refractivity contribution in [3.8, 4) is 50.3 Å². The zero-order valence-corrected chi connectivity index (χ0v) is 27.4. The molecule has 238 valence electrons. The van der Waals surface area contributed by atoms with Crippen LogP contribution in [0.25, 0.3) is 90.9 Å². The Labute approximate surface area is 290 Å². The van der Waals surface area contributed by atoms with Crippen molar-refractivity contribution in [2.24, 2.45) is 0 Å². The van der Waals surface area contributed by atoms with Gasteiger partial charge in [-0.3, -0.25) is 0 Å². The molecule has 2 aliphatic rings. The number of methoxy groups -OCH3 is 1. The second-order valence-corrected chi connectivity index (χ2v) is 12.3. The van der Waals surface area contributed by atoms with E-state index in [1.807, 2.05) is 24.3 Å². The van der Waals surface area contributed by atoms with Crippen LogP contribution >= 0.6 is 0 Å². The highest BCUT2D eigenvalue weighted by atomic mass is 16.5. The molecule has 4 aromatic carbocycles. The summed E-state index contributed by atoms with van der Waals surface area (Å²) in [5, 5.41) is 0. The highest BCUT2D eigenvalue weighted by molar-refractivity contribution is 6.01. The zero-order chi connectivity index (χ0) is 33.4. The van der Waals surface area contributed by atoms with E-state index in [0.717, 1.165) is 95.1 Å². The van der Waals surface area contributed by atoms with E-state index in [1.165, 1.54) is 0 Å². The van der Waals surface area contributed by atoms with Gasteiger partial charge in [-0.1, -0.05) is 121 Å². The van der Waals surface area contributed by atoms with E-state index in [4.69, 9.17) is 14.7 Å². The minimum absolute atomic E-state index is 0.735. The lowest BCUT2D eigenvalue weighted by molar-refractivity contribution is 0.420. The summed E-state index contributed by atoms with van der Waals surface area (Å²) in [6.07, 6.45) is 8.43. The SMILES string of the molecule is COc1cc2[nH]c1c(-c1ccccc1)c1nc(c(-c3ccccc3)c3nc(c(-c4ccccc4)c4ccc([nH]4)c2-c2ccccc2)C=C3)C=C1. The molecule has 0 saturated heterocycles. The van der Waals surface area contributed by atoms with Gasteiger partial charge in [-0.2, -0.15) is 0 Å². The van der Waals surface area contributed by atoms with Crippen molar-refractivity contribution in [1.29, 1.82) is 0 Å². The molecule has 0 unspecified atom stereocenters. The van der Waals surface area contributed by atoms with Crippen LogP contribution in [0, 0.1) is 0 Å². The molecule has 0 atom stereocenters. The maximum atomic E-state index is 6.12. The van der Waals surface area contributed by atoms with Crippen molar-refractivity contribution in [3.05, 3.63) is 162 Å². The van der Waals surface area contributed by atoms with Crippen molar-refractivity contribution in [2.45, 2.75) is 0 Å². The number of hydrogen-bond acceptors (Lipinski definition) is 3. The molecule has 0 radical (unpaired) electrons. The van der Waals surface area contributed by atoms with Gasteiger partial charge in [0, 0.05) is 39.4 Å². The maximum absolute atomic E-state index is 6.12. The number of fused-ring (bicyclic) bond motifs is 8. The first-order chi connectivity index (χ1) is 24.7. The number of H-pyrrole nitrogens is 2. The van der Waals surface area contributed by atoms with Crippen LogP contribution < -0.4 is 4.74 Å². The third-order valence-electron chi connectivity index (χ3n) is 9.30. The van der Waals surface area contributed by atoms with Gasteiger partial charge in [0.25, 0.3) is 0 Å². The lowest BCUT2D eigenvalue weighted by atomic mass is 10.0. The maximum Gasteiger partial charge on any atom is 0.145 e. The summed E-state index contributed by atoms with van der Waals surface area (Å²) in [5.74, 6) is 0.735. The molecule has 0 saturated carbocycles. The fraction of sp³-hybridized carbons (Fsp3) is 0.0222. The van der Waals surface area contributed by atoms with Crippen LogP contribution in [0.15, 0.2) is 140 Å². The third-order valence-corrected chi connectivity index (χ3v) is 9.30. The summed E-state index contributed by atoms with van der Waals surface area (Å²) in [5.41, 5.74) is 15.4. The molecule has 2 aliphatic heterocycles. The molecule has 3 aromatic heterocycles. The molecule has 0 spiro atoms. The fourth-order valence-corrected chi connectivity index (χ4v) is 7.05. The van der Waals surface area contributed by atoms with Gasteiger partial charge < -0.3 is 14.7 Å². The summed E-state index contributed by atoms with van der Waals surface area (Å²) >= 11 is 0. The molecule has 0 aliphatic carbocycles. The van der Waals surface area contributed by atoms with Gasteiger partial charge >= 0.3 is 0 Å². The van der Waals surface area contributed by atoms with Gasteiger partial charge in [-0.05, 0) is 58.7 Å². The Morgan fingerprint density at radius 1 is 0.400 bits per heavy atom. The molecule has 8 bridgehead atoms. The summed E-state index contributed by atoms with van der Waals surface area (Å²) in [7, 11) is 1.72. The first-order valence-corrected chi connectivity index (χ1v) is 16.7. The van der Waals surface area contributed by atoms with Gasteiger partial charge in [-0.15, -0.1) is 0 Å². The number of nitrogens with one attached hydrogen (secondary N) is 2. The average molecular weight is 645 g/mol. The van der Waals surface area contributed by atoms with Crippen molar-refractivity contribution in [1.82, 2.24) is 19.9 Å². The first kappa shape index (κ1) is 29.4. The summed E-state index contributed by atoms with van der Waals surface area (Å²) in [6, 6.07) is 48.1. The number of rotatable bonds is 5. The Hall–Kier alpha value is -6.72. The minimum atomic E-state index is 0.735. The molecule has 9 rings (SSSR count). The Balaban J connectivity index is 1.51. The Morgan fingerprint density at radius 2 is 0.800 bits per heavy atom. The van der Waals surface area contributed by atoms with Crippen LogP contribution in [0.3, 0.4) is 0 Å². The van der Waals surface area contributed by atoms with Crippen molar-refractivity contribution in [3.63, 3.8) is 0 Å². The molecule has 0 amide bonds. The highest BCUT2D eigenvalue weighted by Gasteiger charge is 2.20. The smallest absolute Gasteiger partial charge is 0.145 e. The number of ether oxygens (including phenoxy) is 1. The lowest BCUT2D eigenvalue weighted by Gasteiger charge is -2.07. The van der Waals surface area contributed by atoms with E-state index in [9.17, 15) is 0 Å². The first-order valence-electron chi connectivity index (χ1n) is 16.7. The summed E-state index contributed by atoms with van der Waals surface area (Å²) in [6.45, 7) is 0. The monoisotopic (exact) mass is 644 g/mol. The van der Waals surface area contributed by atoms with Gasteiger partial charge in [0.2, 0.25) is 0 Å².